The topological polar surface area (TPSA) is 24.9 Å². The fraction of sp³-hybridized carbons (Fsp3) is 0.100. The lowest BCUT2D eigenvalue weighted by Gasteiger charge is -1.96. The molecular formula is C10H9ClN2S. The summed E-state index contributed by atoms with van der Waals surface area (Å²) in [7, 11) is 1.86. The molecule has 2 aromatic rings. The molecule has 0 amide bonds. The summed E-state index contributed by atoms with van der Waals surface area (Å²) < 4.78 is 0. The van der Waals surface area contributed by atoms with Gasteiger partial charge in [-0.25, -0.2) is 4.98 Å². The molecule has 0 radical (unpaired) electrons. The van der Waals surface area contributed by atoms with Crippen molar-refractivity contribution in [1.29, 1.82) is 0 Å². The number of aromatic nitrogens is 1. The molecule has 72 valence electrons. The SMILES string of the molecule is CNc1ncc(-c2cccc(Cl)c2)s1. The monoisotopic (exact) mass is 224 g/mol. The summed E-state index contributed by atoms with van der Waals surface area (Å²) in [5, 5.41) is 4.67. The van der Waals surface area contributed by atoms with Crippen LogP contribution in [0.4, 0.5) is 5.13 Å². The van der Waals surface area contributed by atoms with Gasteiger partial charge in [0, 0.05) is 18.3 Å². The molecular weight excluding hydrogens is 216 g/mol. The van der Waals surface area contributed by atoms with Crippen LogP contribution in [0.1, 0.15) is 0 Å². The lowest BCUT2D eigenvalue weighted by molar-refractivity contribution is 1.37. The normalized spacial score (nSPS) is 10.1. The molecule has 1 N–H and O–H groups in total. The summed E-state index contributed by atoms with van der Waals surface area (Å²) in [5.74, 6) is 0. The largest absolute Gasteiger partial charge is 0.365 e. The summed E-state index contributed by atoms with van der Waals surface area (Å²) >= 11 is 7.52. The van der Waals surface area contributed by atoms with E-state index in [-0.39, 0.29) is 0 Å². The first-order valence-electron chi connectivity index (χ1n) is 4.19. The van der Waals surface area contributed by atoms with Crippen molar-refractivity contribution >= 4 is 28.1 Å². The van der Waals surface area contributed by atoms with E-state index in [1.54, 1.807) is 11.3 Å². The molecule has 1 aromatic heterocycles. The van der Waals surface area contributed by atoms with Crippen molar-refractivity contribution in [2.24, 2.45) is 0 Å². The number of rotatable bonds is 2. The molecule has 0 aliphatic heterocycles. The quantitative estimate of drug-likeness (QED) is 0.845. The van der Waals surface area contributed by atoms with E-state index < -0.39 is 0 Å². The zero-order valence-corrected chi connectivity index (χ0v) is 9.19. The van der Waals surface area contributed by atoms with E-state index in [1.165, 1.54) is 0 Å². The zero-order chi connectivity index (χ0) is 9.97. The van der Waals surface area contributed by atoms with Crippen LogP contribution in [0.3, 0.4) is 0 Å². The van der Waals surface area contributed by atoms with E-state index in [2.05, 4.69) is 10.3 Å². The summed E-state index contributed by atoms with van der Waals surface area (Å²) in [5.41, 5.74) is 1.11. The lowest BCUT2D eigenvalue weighted by Crippen LogP contribution is -1.83. The minimum atomic E-state index is 0.752. The van der Waals surface area contributed by atoms with Gasteiger partial charge in [-0.15, -0.1) is 0 Å². The molecule has 0 aliphatic rings. The van der Waals surface area contributed by atoms with E-state index in [4.69, 9.17) is 11.6 Å². The van der Waals surface area contributed by atoms with E-state index in [0.29, 0.717) is 0 Å². The number of anilines is 1. The number of thiazole rings is 1. The number of nitrogens with zero attached hydrogens (tertiary/aromatic N) is 1. The van der Waals surface area contributed by atoms with Crippen LogP contribution in [0.2, 0.25) is 5.02 Å². The van der Waals surface area contributed by atoms with Crippen LogP contribution in [0.15, 0.2) is 30.5 Å². The van der Waals surface area contributed by atoms with Crippen molar-refractivity contribution in [1.82, 2.24) is 4.98 Å². The highest BCUT2D eigenvalue weighted by atomic mass is 35.5. The van der Waals surface area contributed by atoms with E-state index in [1.807, 2.05) is 37.5 Å². The summed E-state index contributed by atoms with van der Waals surface area (Å²) in [4.78, 5) is 5.33. The van der Waals surface area contributed by atoms with Crippen molar-refractivity contribution in [3.05, 3.63) is 35.5 Å². The fourth-order valence-corrected chi connectivity index (χ4v) is 2.12. The standard InChI is InChI=1S/C10H9ClN2S/c1-12-10-13-6-9(14-10)7-3-2-4-8(11)5-7/h2-6H,1H3,(H,12,13). The van der Waals surface area contributed by atoms with Crippen LogP contribution >= 0.6 is 22.9 Å². The Kier molecular flexibility index (Phi) is 2.70. The van der Waals surface area contributed by atoms with Crippen LogP contribution in [0.25, 0.3) is 10.4 Å². The summed E-state index contributed by atoms with van der Waals surface area (Å²) in [6.45, 7) is 0. The molecule has 0 unspecified atom stereocenters. The molecule has 0 saturated heterocycles. The predicted molar refractivity (Wildman–Crippen MR) is 62.1 cm³/mol. The molecule has 14 heavy (non-hydrogen) atoms. The van der Waals surface area contributed by atoms with Gasteiger partial charge in [-0.2, -0.15) is 0 Å². The van der Waals surface area contributed by atoms with Crippen LogP contribution in [0.5, 0.6) is 0 Å². The Morgan fingerprint density at radius 2 is 2.29 bits per heavy atom. The second-order valence-electron chi connectivity index (χ2n) is 2.79. The molecule has 0 fully saturated rings. The van der Waals surface area contributed by atoms with Crippen molar-refractivity contribution in [3.8, 4) is 10.4 Å². The van der Waals surface area contributed by atoms with Crippen LogP contribution in [-0.2, 0) is 0 Å². The lowest BCUT2D eigenvalue weighted by atomic mass is 10.2. The maximum atomic E-state index is 5.90. The molecule has 0 bridgehead atoms. The number of hydrogen-bond acceptors (Lipinski definition) is 3. The maximum absolute atomic E-state index is 5.90. The third-order valence-corrected chi connectivity index (χ3v) is 3.13. The Morgan fingerprint density at radius 1 is 1.43 bits per heavy atom. The number of nitrogens with one attached hydrogen (secondary N) is 1. The second-order valence-corrected chi connectivity index (χ2v) is 4.26. The predicted octanol–water partition coefficient (Wildman–Crippen LogP) is 3.51. The summed E-state index contributed by atoms with van der Waals surface area (Å²) in [6, 6.07) is 7.77. The van der Waals surface area contributed by atoms with Crippen molar-refractivity contribution in [3.63, 3.8) is 0 Å². The molecule has 0 spiro atoms. The minimum Gasteiger partial charge on any atom is -0.365 e. The first kappa shape index (κ1) is 9.49. The highest BCUT2D eigenvalue weighted by molar-refractivity contribution is 7.18. The van der Waals surface area contributed by atoms with Crippen LogP contribution in [-0.4, -0.2) is 12.0 Å². The van der Waals surface area contributed by atoms with Gasteiger partial charge in [0.05, 0.1) is 4.88 Å². The van der Waals surface area contributed by atoms with Crippen molar-refractivity contribution < 1.29 is 0 Å². The highest BCUT2D eigenvalue weighted by Crippen LogP contribution is 2.29. The Bertz CT molecular complexity index is 439. The molecule has 0 saturated carbocycles. The number of halogens is 1. The Labute approximate surface area is 91.6 Å². The smallest absolute Gasteiger partial charge is 0.182 e. The highest BCUT2D eigenvalue weighted by Gasteiger charge is 2.02. The molecule has 2 nitrogen and oxygen atoms in total. The molecule has 1 aromatic carbocycles. The van der Waals surface area contributed by atoms with E-state index in [0.717, 1.165) is 20.6 Å². The zero-order valence-electron chi connectivity index (χ0n) is 7.62. The van der Waals surface area contributed by atoms with Gasteiger partial charge in [0.25, 0.3) is 0 Å². The van der Waals surface area contributed by atoms with Crippen LogP contribution < -0.4 is 5.32 Å². The van der Waals surface area contributed by atoms with Gasteiger partial charge < -0.3 is 5.32 Å². The van der Waals surface area contributed by atoms with Gasteiger partial charge in [0.1, 0.15) is 0 Å². The van der Waals surface area contributed by atoms with Gasteiger partial charge in [-0.1, -0.05) is 35.1 Å². The third kappa shape index (κ3) is 1.89. The minimum absolute atomic E-state index is 0.752. The second kappa shape index (κ2) is 3.98. The van der Waals surface area contributed by atoms with Gasteiger partial charge in [-0.3, -0.25) is 0 Å². The number of hydrogen-bond donors (Lipinski definition) is 1. The third-order valence-electron chi connectivity index (χ3n) is 1.83. The summed E-state index contributed by atoms with van der Waals surface area (Å²) in [6.07, 6.45) is 1.85. The molecule has 0 aliphatic carbocycles. The Morgan fingerprint density at radius 3 is 2.93 bits per heavy atom. The fourth-order valence-electron chi connectivity index (χ4n) is 1.16. The maximum Gasteiger partial charge on any atom is 0.182 e. The van der Waals surface area contributed by atoms with Crippen molar-refractivity contribution in [2.45, 2.75) is 0 Å². The Balaban J connectivity index is 2.39. The average Bonchev–Trinajstić information content (AvgIpc) is 2.66. The molecule has 0 atom stereocenters. The first-order chi connectivity index (χ1) is 6.79. The van der Waals surface area contributed by atoms with E-state index >= 15 is 0 Å². The van der Waals surface area contributed by atoms with Gasteiger partial charge in [0.15, 0.2) is 5.13 Å². The van der Waals surface area contributed by atoms with Gasteiger partial charge in [-0.05, 0) is 17.7 Å². The van der Waals surface area contributed by atoms with Crippen LogP contribution in [0, 0.1) is 0 Å². The molecule has 2 rings (SSSR count). The first-order valence-corrected chi connectivity index (χ1v) is 5.38. The Hall–Kier alpha value is -1.06. The van der Waals surface area contributed by atoms with Crippen molar-refractivity contribution in [2.75, 3.05) is 12.4 Å². The molecule has 1 heterocycles. The average molecular weight is 225 g/mol. The van der Waals surface area contributed by atoms with Gasteiger partial charge >= 0.3 is 0 Å². The number of benzene rings is 1. The van der Waals surface area contributed by atoms with E-state index in [9.17, 15) is 0 Å². The van der Waals surface area contributed by atoms with Gasteiger partial charge in [0.2, 0.25) is 0 Å². The molecule has 4 heteroatoms.